The van der Waals surface area contributed by atoms with Gasteiger partial charge in [0.05, 0.1) is 6.04 Å². The van der Waals surface area contributed by atoms with Gasteiger partial charge in [-0.05, 0) is 62.7 Å². The zero-order chi connectivity index (χ0) is 18.6. The summed E-state index contributed by atoms with van der Waals surface area (Å²) < 4.78 is 5.85. The Hall–Kier alpha value is -2.59. The SMILES string of the molecule is C[C@H](NC(=O)c1ccc(CN2CCCCC2)cc1)c1cc2ccccc2o1. The Labute approximate surface area is 160 Å². The van der Waals surface area contributed by atoms with E-state index in [4.69, 9.17) is 4.42 Å². The summed E-state index contributed by atoms with van der Waals surface area (Å²) in [5.74, 6) is 0.693. The Morgan fingerprint density at radius 3 is 2.56 bits per heavy atom. The first-order valence-corrected chi connectivity index (χ1v) is 9.80. The lowest BCUT2D eigenvalue weighted by atomic mass is 10.1. The van der Waals surface area contributed by atoms with Crippen LogP contribution in [0.3, 0.4) is 0 Å². The first-order chi connectivity index (χ1) is 13.2. The number of para-hydroxylation sites is 1. The van der Waals surface area contributed by atoms with Crippen LogP contribution in [-0.4, -0.2) is 23.9 Å². The van der Waals surface area contributed by atoms with Gasteiger partial charge in [-0.25, -0.2) is 0 Å². The third kappa shape index (κ3) is 4.22. The van der Waals surface area contributed by atoms with Crippen molar-refractivity contribution in [3.63, 3.8) is 0 Å². The minimum absolute atomic E-state index is 0.0764. The predicted octanol–water partition coefficient (Wildman–Crippen LogP) is 4.91. The number of nitrogens with one attached hydrogen (secondary N) is 1. The van der Waals surface area contributed by atoms with E-state index in [9.17, 15) is 4.79 Å². The fourth-order valence-corrected chi connectivity index (χ4v) is 3.70. The number of likely N-dealkylation sites (tertiary alicyclic amines) is 1. The van der Waals surface area contributed by atoms with Gasteiger partial charge in [-0.3, -0.25) is 9.69 Å². The molecule has 1 N–H and O–H groups in total. The molecule has 1 amide bonds. The van der Waals surface area contributed by atoms with Gasteiger partial charge in [0.25, 0.3) is 5.91 Å². The van der Waals surface area contributed by atoms with E-state index in [1.807, 2.05) is 49.4 Å². The van der Waals surface area contributed by atoms with Gasteiger partial charge in [0.2, 0.25) is 0 Å². The Balaban J connectivity index is 1.38. The van der Waals surface area contributed by atoms with Crippen molar-refractivity contribution in [2.45, 2.75) is 38.8 Å². The van der Waals surface area contributed by atoms with Gasteiger partial charge in [0.15, 0.2) is 0 Å². The number of benzene rings is 2. The molecule has 0 unspecified atom stereocenters. The summed E-state index contributed by atoms with van der Waals surface area (Å²) >= 11 is 0. The van der Waals surface area contributed by atoms with Crippen LogP contribution in [0.25, 0.3) is 11.0 Å². The fraction of sp³-hybridized carbons (Fsp3) is 0.348. The van der Waals surface area contributed by atoms with Crippen LogP contribution in [0.2, 0.25) is 0 Å². The van der Waals surface area contributed by atoms with Crippen LogP contribution in [0, 0.1) is 0 Å². The minimum atomic E-state index is -0.182. The number of nitrogens with zero attached hydrogens (tertiary/aromatic N) is 1. The molecular weight excluding hydrogens is 336 g/mol. The van der Waals surface area contributed by atoms with E-state index in [1.54, 1.807) is 0 Å². The molecule has 1 aromatic heterocycles. The molecule has 3 aromatic rings. The molecule has 0 aliphatic carbocycles. The number of piperidine rings is 1. The van der Waals surface area contributed by atoms with Crippen LogP contribution in [0.4, 0.5) is 0 Å². The van der Waals surface area contributed by atoms with Gasteiger partial charge in [0, 0.05) is 17.5 Å². The molecule has 1 fully saturated rings. The van der Waals surface area contributed by atoms with E-state index in [0.29, 0.717) is 5.56 Å². The number of amides is 1. The van der Waals surface area contributed by atoms with E-state index >= 15 is 0 Å². The molecule has 27 heavy (non-hydrogen) atoms. The number of carbonyl (C=O) groups excluding carboxylic acids is 1. The number of hydrogen-bond donors (Lipinski definition) is 1. The number of carbonyl (C=O) groups is 1. The summed E-state index contributed by atoms with van der Waals surface area (Å²) in [5, 5.41) is 4.08. The molecule has 1 aliphatic rings. The van der Waals surface area contributed by atoms with Gasteiger partial charge in [-0.2, -0.15) is 0 Å². The second kappa shape index (κ2) is 7.97. The topological polar surface area (TPSA) is 45.5 Å². The summed E-state index contributed by atoms with van der Waals surface area (Å²) in [4.78, 5) is 15.1. The molecule has 2 heterocycles. The monoisotopic (exact) mass is 362 g/mol. The normalized spacial score (nSPS) is 16.3. The predicted molar refractivity (Wildman–Crippen MR) is 108 cm³/mol. The van der Waals surface area contributed by atoms with E-state index in [1.165, 1.54) is 37.9 Å². The van der Waals surface area contributed by atoms with Crippen LogP contribution >= 0.6 is 0 Å². The van der Waals surface area contributed by atoms with Crippen molar-refractivity contribution in [2.24, 2.45) is 0 Å². The maximum atomic E-state index is 12.6. The van der Waals surface area contributed by atoms with Gasteiger partial charge < -0.3 is 9.73 Å². The molecule has 140 valence electrons. The summed E-state index contributed by atoms with van der Waals surface area (Å²) in [6, 6.07) is 17.7. The van der Waals surface area contributed by atoms with Crippen molar-refractivity contribution in [3.8, 4) is 0 Å². The molecule has 1 atom stereocenters. The van der Waals surface area contributed by atoms with E-state index in [-0.39, 0.29) is 11.9 Å². The Morgan fingerprint density at radius 2 is 1.81 bits per heavy atom. The molecule has 0 saturated carbocycles. The maximum Gasteiger partial charge on any atom is 0.251 e. The van der Waals surface area contributed by atoms with Crippen LogP contribution in [0.1, 0.15) is 53.9 Å². The zero-order valence-corrected chi connectivity index (χ0v) is 15.8. The number of fused-ring (bicyclic) bond motifs is 1. The van der Waals surface area contributed by atoms with Crippen molar-refractivity contribution in [2.75, 3.05) is 13.1 Å². The fourth-order valence-electron chi connectivity index (χ4n) is 3.70. The Kier molecular flexibility index (Phi) is 5.26. The first kappa shape index (κ1) is 17.8. The molecule has 0 spiro atoms. The second-order valence-electron chi connectivity index (χ2n) is 7.42. The lowest BCUT2D eigenvalue weighted by molar-refractivity contribution is 0.0935. The highest BCUT2D eigenvalue weighted by atomic mass is 16.3. The second-order valence-corrected chi connectivity index (χ2v) is 7.42. The molecular formula is C23H26N2O2. The van der Waals surface area contributed by atoms with Crippen molar-refractivity contribution in [3.05, 3.63) is 71.5 Å². The lowest BCUT2D eigenvalue weighted by Crippen LogP contribution is -2.29. The average molecular weight is 362 g/mol. The Bertz CT molecular complexity index is 875. The van der Waals surface area contributed by atoms with E-state index in [0.717, 1.165) is 23.3 Å². The van der Waals surface area contributed by atoms with Gasteiger partial charge in [0.1, 0.15) is 11.3 Å². The molecule has 1 aliphatic heterocycles. The minimum Gasteiger partial charge on any atom is -0.459 e. The summed E-state index contributed by atoms with van der Waals surface area (Å²) in [7, 11) is 0. The summed E-state index contributed by atoms with van der Waals surface area (Å²) in [6.07, 6.45) is 3.93. The lowest BCUT2D eigenvalue weighted by Gasteiger charge is -2.26. The molecule has 4 nitrogen and oxygen atoms in total. The number of hydrogen-bond acceptors (Lipinski definition) is 3. The van der Waals surface area contributed by atoms with Crippen LogP contribution < -0.4 is 5.32 Å². The maximum absolute atomic E-state index is 12.6. The van der Waals surface area contributed by atoms with E-state index in [2.05, 4.69) is 22.3 Å². The van der Waals surface area contributed by atoms with Crippen molar-refractivity contribution in [1.82, 2.24) is 10.2 Å². The van der Waals surface area contributed by atoms with Crippen molar-refractivity contribution >= 4 is 16.9 Å². The van der Waals surface area contributed by atoms with Gasteiger partial charge >= 0.3 is 0 Å². The molecule has 0 bridgehead atoms. The number of rotatable bonds is 5. The highest BCUT2D eigenvalue weighted by Gasteiger charge is 2.16. The van der Waals surface area contributed by atoms with Crippen molar-refractivity contribution < 1.29 is 9.21 Å². The van der Waals surface area contributed by atoms with E-state index < -0.39 is 0 Å². The van der Waals surface area contributed by atoms with Crippen LogP contribution in [-0.2, 0) is 6.54 Å². The smallest absolute Gasteiger partial charge is 0.251 e. The molecule has 1 saturated heterocycles. The molecule has 0 radical (unpaired) electrons. The molecule has 4 heteroatoms. The quantitative estimate of drug-likeness (QED) is 0.701. The largest absolute Gasteiger partial charge is 0.459 e. The third-order valence-electron chi connectivity index (χ3n) is 5.29. The highest BCUT2D eigenvalue weighted by molar-refractivity contribution is 5.94. The first-order valence-electron chi connectivity index (χ1n) is 9.80. The highest BCUT2D eigenvalue weighted by Crippen LogP contribution is 2.24. The zero-order valence-electron chi connectivity index (χ0n) is 15.8. The van der Waals surface area contributed by atoms with Gasteiger partial charge in [-0.1, -0.05) is 36.8 Å². The summed E-state index contributed by atoms with van der Waals surface area (Å²) in [5.41, 5.74) is 2.79. The average Bonchev–Trinajstić information content (AvgIpc) is 3.14. The van der Waals surface area contributed by atoms with Gasteiger partial charge in [-0.15, -0.1) is 0 Å². The van der Waals surface area contributed by atoms with Crippen LogP contribution in [0.15, 0.2) is 59.0 Å². The van der Waals surface area contributed by atoms with Crippen molar-refractivity contribution in [1.29, 1.82) is 0 Å². The molecule has 2 aromatic carbocycles. The molecule has 4 rings (SSSR count). The summed E-state index contributed by atoms with van der Waals surface area (Å²) in [6.45, 7) is 5.27. The Morgan fingerprint density at radius 1 is 1.07 bits per heavy atom. The standard InChI is InChI=1S/C23H26N2O2/c1-17(22-15-20-7-3-4-8-21(20)27-22)24-23(26)19-11-9-18(10-12-19)16-25-13-5-2-6-14-25/h3-4,7-12,15,17H,2,5-6,13-14,16H2,1H3,(H,24,26)/t17-/m0/s1. The number of furan rings is 1. The third-order valence-corrected chi connectivity index (χ3v) is 5.29. The van der Waals surface area contributed by atoms with Crippen LogP contribution in [0.5, 0.6) is 0 Å².